The Balaban J connectivity index is 1.27. The summed E-state index contributed by atoms with van der Waals surface area (Å²) in [5.74, 6) is 0.390. The molecule has 0 radical (unpaired) electrons. The van der Waals surface area contributed by atoms with E-state index in [-0.39, 0.29) is 55.4 Å². The minimum Gasteiger partial charge on any atom is -0.314 e. The number of hydrogen-bond donors (Lipinski definition) is 0. The van der Waals surface area contributed by atoms with Crippen molar-refractivity contribution in [2.75, 3.05) is 9.80 Å². The minimum atomic E-state index is -0.120. The third-order valence-electron chi connectivity index (χ3n) is 22.2. The van der Waals surface area contributed by atoms with E-state index in [0.29, 0.717) is 11.2 Å². The third kappa shape index (κ3) is 7.89. The number of anilines is 5. The molecule has 77 heavy (non-hydrogen) atoms. The van der Waals surface area contributed by atoms with Crippen LogP contribution >= 0.6 is 11.8 Å². The molecule has 0 spiro atoms. The van der Waals surface area contributed by atoms with Gasteiger partial charge in [-0.1, -0.05) is 161 Å². The van der Waals surface area contributed by atoms with E-state index in [4.69, 9.17) is 0 Å². The lowest BCUT2D eigenvalue weighted by Gasteiger charge is -2.52. The largest absolute Gasteiger partial charge is 0.314 e. The van der Waals surface area contributed by atoms with Crippen molar-refractivity contribution in [1.29, 1.82) is 0 Å². The van der Waals surface area contributed by atoms with Crippen molar-refractivity contribution in [1.82, 2.24) is 0 Å². The van der Waals surface area contributed by atoms with Gasteiger partial charge in [-0.05, 0) is 235 Å². The summed E-state index contributed by atoms with van der Waals surface area (Å²) >= 11 is 2.30. The zero-order valence-electron chi connectivity index (χ0n) is 52.0. The standard InChI is InChI=1S/C73H95BN2S/c1-42-33-43(2)59(44(3)34-42)47-38-50-52(70(15,16)29-27-68(50,11)12)40-55(47)76-56-41-53-51(69(13,14)28-30-71(53,17)18)39-54(56)74-61-57(35-45(36-58(61)76)65(4,5)6)75(46-23-24-48-49(37-46)67(9,10)26-25-66(48,7)8)62-60-63(77-64(62)74)73(21,22)32-31-72(60,19)20/h23-24,33-41,60,63H,25-32H2,1-22H3. The number of fused-ring (bicyclic) bond motifs is 8. The van der Waals surface area contributed by atoms with E-state index in [2.05, 4.69) is 241 Å². The van der Waals surface area contributed by atoms with Crippen molar-refractivity contribution in [3.05, 3.63) is 133 Å². The Labute approximate surface area is 472 Å². The van der Waals surface area contributed by atoms with Crippen LogP contribution in [0.25, 0.3) is 11.1 Å². The first-order valence-corrected chi connectivity index (χ1v) is 31.2. The maximum atomic E-state index is 2.92. The third-order valence-corrected chi connectivity index (χ3v) is 24.1. The maximum absolute atomic E-state index is 2.92. The second kappa shape index (κ2) is 16.5. The summed E-state index contributed by atoms with van der Waals surface area (Å²) in [5.41, 5.74) is 29.4. The van der Waals surface area contributed by atoms with Crippen molar-refractivity contribution in [2.45, 2.75) is 247 Å². The normalized spacial score (nSPS) is 25.0. The second-order valence-electron chi connectivity index (χ2n) is 32.7. The Morgan fingerprint density at radius 3 is 1.45 bits per heavy atom. The summed E-state index contributed by atoms with van der Waals surface area (Å²) < 4.78 is 0. The van der Waals surface area contributed by atoms with Crippen LogP contribution in [0.4, 0.5) is 28.4 Å². The van der Waals surface area contributed by atoms with Crippen LogP contribution in [-0.4, -0.2) is 12.0 Å². The molecule has 1 fully saturated rings. The topological polar surface area (TPSA) is 6.48 Å². The SMILES string of the molecule is Cc1cc(C)c(-c2cc3c(cc2N2c4cc5c(cc4B4C6=C(C7C(S6)C(C)(C)CCC7(C)C)N(c6ccc7c(c6)C(C)(C)CCC7(C)C)c6cc(C(C)(C)C)cc2c64)C(C)(C)CCC5(C)C)C(C)(C)CCC3(C)C)c(C)c1. The van der Waals surface area contributed by atoms with Crippen molar-refractivity contribution >= 4 is 57.8 Å². The number of thioether (sulfide) groups is 1. The van der Waals surface area contributed by atoms with Crippen LogP contribution in [0.15, 0.2) is 77.2 Å². The van der Waals surface area contributed by atoms with Crippen LogP contribution in [0, 0.1) is 37.5 Å². The van der Waals surface area contributed by atoms with Gasteiger partial charge in [-0.15, -0.1) is 11.8 Å². The van der Waals surface area contributed by atoms with E-state index >= 15 is 0 Å². The summed E-state index contributed by atoms with van der Waals surface area (Å²) in [6.45, 7) is 55.3. The number of hydrogen-bond acceptors (Lipinski definition) is 3. The van der Waals surface area contributed by atoms with Crippen LogP contribution in [-0.2, 0) is 37.9 Å². The summed E-state index contributed by atoms with van der Waals surface area (Å²) in [4.78, 5) is 7.42. The van der Waals surface area contributed by atoms with E-state index in [1.165, 1.54) is 146 Å². The number of benzene rings is 5. The van der Waals surface area contributed by atoms with Gasteiger partial charge in [0.25, 0.3) is 6.71 Å². The van der Waals surface area contributed by atoms with Crippen LogP contribution in [0.1, 0.15) is 239 Å². The molecule has 2 nitrogen and oxygen atoms in total. The second-order valence-corrected chi connectivity index (χ2v) is 33.9. The number of allylic oxidation sites excluding steroid dienone is 1. The highest BCUT2D eigenvalue weighted by atomic mass is 32.2. The molecule has 3 heterocycles. The molecular formula is C73H95BN2S. The highest BCUT2D eigenvalue weighted by Crippen LogP contribution is 2.66. The van der Waals surface area contributed by atoms with Crippen LogP contribution in [0.5, 0.6) is 0 Å². The van der Waals surface area contributed by atoms with Gasteiger partial charge in [0, 0.05) is 45.2 Å². The zero-order valence-corrected chi connectivity index (χ0v) is 52.9. The predicted molar refractivity (Wildman–Crippen MR) is 338 cm³/mol. The molecule has 3 aliphatic heterocycles. The van der Waals surface area contributed by atoms with E-state index in [1.54, 1.807) is 21.6 Å². The maximum Gasteiger partial charge on any atom is 0.259 e. The van der Waals surface area contributed by atoms with Crippen molar-refractivity contribution in [3.63, 3.8) is 0 Å². The van der Waals surface area contributed by atoms with Gasteiger partial charge in [-0.25, -0.2) is 0 Å². The molecule has 4 heteroatoms. The van der Waals surface area contributed by atoms with Gasteiger partial charge in [0.1, 0.15) is 0 Å². The lowest BCUT2D eigenvalue weighted by molar-refractivity contribution is 0.0881. The fourth-order valence-electron chi connectivity index (χ4n) is 16.7. The van der Waals surface area contributed by atoms with Crippen molar-refractivity contribution in [3.8, 4) is 11.1 Å². The summed E-state index contributed by atoms with van der Waals surface area (Å²) in [5, 5.41) is 0.464. The molecule has 1 saturated carbocycles. The molecule has 406 valence electrons. The Kier molecular flexibility index (Phi) is 11.5. The number of nitrogens with zero attached hydrogens (tertiary/aromatic N) is 2. The van der Waals surface area contributed by atoms with Crippen molar-refractivity contribution in [2.24, 2.45) is 16.7 Å². The first-order chi connectivity index (χ1) is 35.5. The van der Waals surface area contributed by atoms with E-state index < -0.39 is 0 Å². The monoisotopic (exact) mass is 1040 g/mol. The average Bonchev–Trinajstić information content (AvgIpc) is 3.71. The van der Waals surface area contributed by atoms with Gasteiger partial charge in [0.05, 0.1) is 5.69 Å². The van der Waals surface area contributed by atoms with Crippen molar-refractivity contribution < 1.29 is 0 Å². The zero-order chi connectivity index (χ0) is 55.7. The molecule has 2 atom stereocenters. The molecule has 2 unspecified atom stereocenters. The van der Waals surface area contributed by atoms with E-state index in [1.807, 2.05) is 0 Å². The highest BCUT2D eigenvalue weighted by Gasteiger charge is 2.60. The quantitative estimate of drug-likeness (QED) is 0.166. The molecule has 5 aromatic carbocycles. The average molecular weight is 1040 g/mol. The lowest BCUT2D eigenvalue weighted by Crippen LogP contribution is -2.56. The molecule has 0 bridgehead atoms. The first kappa shape index (κ1) is 53.5. The van der Waals surface area contributed by atoms with Crippen LogP contribution in [0.3, 0.4) is 0 Å². The number of rotatable bonds is 3. The van der Waals surface area contributed by atoms with Gasteiger partial charge in [0.15, 0.2) is 0 Å². The predicted octanol–water partition coefficient (Wildman–Crippen LogP) is 19.5. The fraction of sp³-hybridized carbons (Fsp3) is 0.562. The summed E-state index contributed by atoms with van der Waals surface area (Å²) in [7, 11) is 0. The smallest absolute Gasteiger partial charge is 0.259 e. The molecule has 7 aliphatic rings. The minimum absolute atomic E-state index is 0.0207. The number of aryl methyl sites for hydroxylation is 3. The summed E-state index contributed by atoms with van der Waals surface area (Å²) in [6.07, 6.45) is 9.62. The Morgan fingerprint density at radius 1 is 0.468 bits per heavy atom. The van der Waals surface area contributed by atoms with Gasteiger partial charge in [0.2, 0.25) is 0 Å². The molecule has 0 N–H and O–H groups in total. The Bertz CT molecular complexity index is 3370. The van der Waals surface area contributed by atoms with Gasteiger partial charge in [-0.3, -0.25) is 0 Å². The molecule has 0 saturated heterocycles. The first-order valence-electron chi connectivity index (χ1n) is 30.3. The molecule has 5 aromatic rings. The molecule has 0 amide bonds. The molecule has 12 rings (SSSR count). The summed E-state index contributed by atoms with van der Waals surface area (Å²) in [6, 6.07) is 29.1. The molecule has 0 aromatic heterocycles. The lowest BCUT2D eigenvalue weighted by atomic mass is 9.35. The van der Waals surface area contributed by atoms with E-state index in [9.17, 15) is 0 Å². The van der Waals surface area contributed by atoms with Crippen LogP contribution in [0.2, 0.25) is 0 Å². The fourth-order valence-corrected chi connectivity index (χ4v) is 18.7. The Morgan fingerprint density at radius 2 is 0.922 bits per heavy atom. The van der Waals surface area contributed by atoms with Gasteiger partial charge in [-0.2, -0.15) is 0 Å². The molecular weight excluding hydrogens is 948 g/mol. The Hall–Kier alpha value is -4.15. The van der Waals surface area contributed by atoms with Crippen LogP contribution < -0.4 is 20.7 Å². The van der Waals surface area contributed by atoms with E-state index in [0.717, 1.165) is 0 Å². The van der Waals surface area contributed by atoms with Gasteiger partial charge >= 0.3 is 0 Å². The van der Waals surface area contributed by atoms with Gasteiger partial charge < -0.3 is 9.80 Å². The molecule has 4 aliphatic carbocycles. The highest BCUT2D eigenvalue weighted by molar-refractivity contribution is 8.06.